The molecule has 592 valence electrons. The van der Waals surface area contributed by atoms with Crippen molar-refractivity contribution in [3.8, 4) is 100 Å². The van der Waals surface area contributed by atoms with E-state index in [9.17, 15) is 0 Å². The molecule has 0 amide bonds. The maximum atomic E-state index is 6.53. The zero-order chi connectivity index (χ0) is 83.4. The highest BCUT2D eigenvalue weighted by Crippen LogP contribution is 2.49. The molecular weight excluding hydrogens is 1530 g/mol. The lowest BCUT2D eigenvalue weighted by molar-refractivity contribution is 0.669. The van der Waals surface area contributed by atoms with Gasteiger partial charge in [-0.15, -0.1) is 0 Å². The molecule has 6 nitrogen and oxygen atoms in total. The molecule has 0 saturated heterocycles. The number of para-hydroxylation sites is 11. The van der Waals surface area contributed by atoms with E-state index >= 15 is 0 Å². The van der Waals surface area contributed by atoms with Gasteiger partial charge in [0.15, 0.2) is 0 Å². The molecule has 0 radical (unpaired) electrons. The number of fused-ring (bicyclic) bond motifs is 12. The SMILES string of the molecule is c1ccc(-c2cccc(N(c3ccc(-c4ccccc4-c4ccccc4-n4c5ccccc5c5ccccc54)cc3)c3cccc(-c4cccc5c4oc4ccccc45)c3)c2)cc1.c1ccc(-c2ccccc2N(c2ccc(-c3ccccc3-c3ccccc3-n3c4ccccc4c4ccccc43)cc2)c2cccc(-c3cccc4c3oc3ccccc34)c2)cc1. The molecule has 4 aromatic heterocycles. The van der Waals surface area contributed by atoms with Crippen LogP contribution in [0.15, 0.2) is 494 Å². The van der Waals surface area contributed by atoms with Gasteiger partial charge in [-0.05, 0) is 176 Å². The number of aromatic nitrogens is 2. The molecule has 0 aliphatic heterocycles. The van der Waals surface area contributed by atoms with Gasteiger partial charge in [0.05, 0.1) is 39.1 Å². The zero-order valence-electron chi connectivity index (χ0n) is 68.8. The monoisotopic (exact) mass is 1610 g/mol. The first-order chi connectivity index (χ1) is 62.5. The first-order valence-electron chi connectivity index (χ1n) is 43.0. The van der Waals surface area contributed by atoms with E-state index in [4.69, 9.17) is 8.83 Å². The predicted octanol–water partition coefficient (Wildman–Crippen LogP) is 33.6. The van der Waals surface area contributed by atoms with Gasteiger partial charge in [-0.2, -0.15) is 0 Å². The number of hydrogen-bond acceptors (Lipinski definition) is 4. The summed E-state index contributed by atoms with van der Waals surface area (Å²) < 4.78 is 17.9. The Morgan fingerprint density at radius 3 is 0.905 bits per heavy atom. The van der Waals surface area contributed by atoms with Crippen molar-refractivity contribution in [2.24, 2.45) is 0 Å². The third-order valence-electron chi connectivity index (χ3n) is 24.8. The van der Waals surface area contributed by atoms with Crippen LogP contribution in [0.5, 0.6) is 0 Å². The molecule has 126 heavy (non-hydrogen) atoms. The Morgan fingerprint density at radius 2 is 0.452 bits per heavy atom. The van der Waals surface area contributed by atoms with Crippen LogP contribution in [-0.2, 0) is 0 Å². The molecule has 0 fully saturated rings. The number of rotatable bonds is 16. The lowest BCUT2D eigenvalue weighted by atomic mass is 9.93. The van der Waals surface area contributed by atoms with E-state index in [1.807, 2.05) is 24.3 Å². The molecule has 0 N–H and O–H groups in total. The highest BCUT2D eigenvalue weighted by Gasteiger charge is 2.25. The Hall–Kier alpha value is -16.8. The second kappa shape index (κ2) is 32.0. The fourth-order valence-electron chi connectivity index (χ4n) is 19.1. The molecule has 24 aromatic rings. The van der Waals surface area contributed by atoms with Crippen LogP contribution in [0.4, 0.5) is 34.1 Å². The van der Waals surface area contributed by atoms with Gasteiger partial charge in [0.25, 0.3) is 0 Å². The lowest BCUT2D eigenvalue weighted by Gasteiger charge is -2.28. The molecular formula is C120H80N4O2. The Labute approximate surface area is 730 Å². The Bertz CT molecular complexity index is 8130. The van der Waals surface area contributed by atoms with Crippen molar-refractivity contribution in [3.05, 3.63) is 485 Å². The Morgan fingerprint density at radius 1 is 0.159 bits per heavy atom. The summed E-state index contributed by atoms with van der Waals surface area (Å²) in [5.41, 5.74) is 35.4. The first kappa shape index (κ1) is 74.3. The molecule has 24 rings (SSSR count). The summed E-state index contributed by atoms with van der Waals surface area (Å²) in [6.45, 7) is 0. The van der Waals surface area contributed by atoms with E-state index in [0.717, 1.165) is 139 Å². The van der Waals surface area contributed by atoms with Crippen molar-refractivity contribution in [1.82, 2.24) is 9.13 Å². The topological polar surface area (TPSA) is 42.6 Å². The number of hydrogen-bond donors (Lipinski definition) is 0. The van der Waals surface area contributed by atoms with E-state index in [1.165, 1.54) is 82.6 Å². The van der Waals surface area contributed by atoms with Crippen molar-refractivity contribution in [2.45, 2.75) is 0 Å². The van der Waals surface area contributed by atoms with Gasteiger partial charge < -0.3 is 27.8 Å². The molecule has 0 bridgehead atoms. The zero-order valence-corrected chi connectivity index (χ0v) is 68.8. The highest BCUT2D eigenvalue weighted by atomic mass is 16.3. The standard InChI is InChI=1S/2C60H40N2O/c1-2-18-41(19-3-1)47-23-6-11-31-55(47)61(45-21-16-20-43(40-45)48-29-17-30-54-53-28-10-15-35-59(53)63-60(48)54)44-38-36-42(37-39-44)46-22-4-5-24-49(46)50-25-7-12-32-56(50)62-57-33-13-8-26-51(57)52-27-9-14-34-58(52)62;1-2-17-41(18-3-1)43-19-14-21-46(39-43)61(47-22-15-20-44(40-47)49-29-16-30-55-54-28-9-13-34-59(54)63-60(49)55)45-37-35-42(36-38-45)48-23-4-5-24-50(48)51-25-6-10-31-56(51)62-57-32-11-7-26-52(57)53-27-8-12-33-58(53)62/h2*1-40H. The maximum Gasteiger partial charge on any atom is 0.143 e. The summed E-state index contributed by atoms with van der Waals surface area (Å²) in [5.74, 6) is 0. The highest BCUT2D eigenvalue weighted by molar-refractivity contribution is 6.14. The maximum absolute atomic E-state index is 6.53. The number of anilines is 6. The minimum absolute atomic E-state index is 0.895. The second-order valence-corrected chi connectivity index (χ2v) is 32.1. The quantitative estimate of drug-likeness (QED) is 0.0967. The summed E-state index contributed by atoms with van der Waals surface area (Å²) in [7, 11) is 0. The molecule has 0 atom stereocenters. The van der Waals surface area contributed by atoms with Crippen LogP contribution in [0.25, 0.3) is 188 Å². The molecule has 0 aliphatic carbocycles. The third-order valence-corrected chi connectivity index (χ3v) is 24.8. The van der Waals surface area contributed by atoms with E-state index in [0.29, 0.717) is 0 Å². The summed E-state index contributed by atoms with van der Waals surface area (Å²) in [4.78, 5) is 4.75. The largest absolute Gasteiger partial charge is 0.455 e. The van der Waals surface area contributed by atoms with E-state index in [1.54, 1.807) is 0 Å². The van der Waals surface area contributed by atoms with Crippen LogP contribution in [0.1, 0.15) is 0 Å². The summed E-state index contributed by atoms with van der Waals surface area (Å²) >= 11 is 0. The first-order valence-corrected chi connectivity index (χ1v) is 43.0. The third kappa shape index (κ3) is 13.2. The molecule has 0 unspecified atom stereocenters. The van der Waals surface area contributed by atoms with Crippen LogP contribution in [0.2, 0.25) is 0 Å². The Balaban J connectivity index is 0.000000145. The average molecular weight is 1610 g/mol. The number of nitrogens with zero attached hydrogens (tertiary/aromatic N) is 4. The fourth-order valence-corrected chi connectivity index (χ4v) is 19.1. The fraction of sp³-hybridized carbons (Fsp3) is 0. The van der Waals surface area contributed by atoms with Crippen LogP contribution in [-0.4, -0.2) is 9.13 Å². The van der Waals surface area contributed by atoms with Crippen LogP contribution < -0.4 is 9.80 Å². The van der Waals surface area contributed by atoms with Gasteiger partial charge in [-0.3, -0.25) is 0 Å². The summed E-state index contributed by atoms with van der Waals surface area (Å²) in [6.07, 6.45) is 0. The number of furan rings is 2. The minimum Gasteiger partial charge on any atom is -0.455 e. The van der Waals surface area contributed by atoms with Gasteiger partial charge in [0.2, 0.25) is 0 Å². The van der Waals surface area contributed by atoms with Gasteiger partial charge in [-0.1, -0.05) is 370 Å². The molecule has 20 aromatic carbocycles. The second-order valence-electron chi connectivity index (χ2n) is 32.1. The van der Waals surface area contributed by atoms with Gasteiger partial charge in [0, 0.05) is 99.3 Å². The predicted molar refractivity (Wildman–Crippen MR) is 529 cm³/mol. The number of benzene rings is 20. The van der Waals surface area contributed by atoms with Gasteiger partial charge >= 0.3 is 0 Å². The average Bonchev–Trinajstić information content (AvgIpc) is 1.59. The van der Waals surface area contributed by atoms with Crippen molar-refractivity contribution < 1.29 is 8.83 Å². The normalized spacial score (nSPS) is 11.5. The molecule has 0 aliphatic rings. The van der Waals surface area contributed by atoms with Crippen molar-refractivity contribution >= 4 is 122 Å². The molecule has 0 spiro atoms. The summed E-state index contributed by atoms with van der Waals surface area (Å²) in [6, 6.07) is 174. The van der Waals surface area contributed by atoms with Crippen molar-refractivity contribution in [3.63, 3.8) is 0 Å². The van der Waals surface area contributed by atoms with E-state index < -0.39 is 0 Å². The molecule has 6 heteroatoms. The minimum atomic E-state index is 0.895. The lowest BCUT2D eigenvalue weighted by Crippen LogP contribution is -2.11. The van der Waals surface area contributed by atoms with Crippen LogP contribution >= 0.6 is 0 Å². The van der Waals surface area contributed by atoms with Crippen LogP contribution in [0.3, 0.4) is 0 Å². The van der Waals surface area contributed by atoms with Crippen molar-refractivity contribution in [2.75, 3.05) is 9.80 Å². The molecule has 0 saturated carbocycles. The smallest absolute Gasteiger partial charge is 0.143 e. The summed E-state index contributed by atoms with van der Waals surface area (Å²) in [5, 5.41) is 9.50. The van der Waals surface area contributed by atoms with Gasteiger partial charge in [-0.25, -0.2) is 0 Å². The van der Waals surface area contributed by atoms with E-state index in [2.05, 4.69) is 480 Å². The molecule has 4 heterocycles. The van der Waals surface area contributed by atoms with Gasteiger partial charge in [0.1, 0.15) is 22.3 Å². The Kier molecular flexibility index (Phi) is 18.8. The van der Waals surface area contributed by atoms with Crippen molar-refractivity contribution in [1.29, 1.82) is 0 Å². The van der Waals surface area contributed by atoms with E-state index in [-0.39, 0.29) is 0 Å². The van der Waals surface area contributed by atoms with Crippen LogP contribution in [0, 0.1) is 0 Å².